The number of hydrogen-bond donors (Lipinski definition) is 0. The minimum atomic E-state index is -0.472. The molecule has 0 amide bonds. The second-order valence-corrected chi connectivity index (χ2v) is 5.09. The van der Waals surface area contributed by atoms with E-state index in [1.165, 1.54) is 25.3 Å². The summed E-state index contributed by atoms with van der Waals surface area (Å²) in [5, 5.41) is 10.9. The van der Waals surface area contributed by atoms with Crippen molar-refractivity contribution in [2.24, 2.45) is 0 Å². The van der Waals surface area contributed by atoms with E-state index < -0.39 is 4.92 Å². The van der Waals surface area contributed by atoms with Crippen molar-refractivity contribution in [3.05, 3.63) is 64.1 Å². The SMILES string of the molecule is COc1ccc([N+](=O)[O-])cc1OCc1cn2cc(C)ccc2n1. The summed E-state index contributed by atoms with van der Waals surface area (Å²) in [4.78, 5) is 14.8. The molecule has 0 aliphatic carbocycles. The molecule has 2 heterocycles. The maximum Gasteiger partial charge on any atom is 0.273 e. The molecule has 0 spiro atoms. The van der Waals surface area contributed by atoms with Gasteiger partial charge in [0.15, 0.2) is 11.5 Å². The lowest BCUT2D eigenvalue weighted by Gasteiger charge is -2.09. The number of fused-ring (bicyclic) bond motifs is 1. The van der Waals surface area contributed by atoms with Crippen LogP contribution in [0.25, 0.3) is 5.65 Å². The number of ether oxygens (including phenoxy) is 2. The van der Waals surface area contributed by atoms with E-state index in [4.69, 9.17) is 9.47 Å². The Morgan fingerprint density at radius 2 is 2.04 bits per heavy atom. The zero-order valence-electron chi connectivity index (χ0n) is 12.7. The van der Waals surface area contributed by atoms with E-state index in [1.54, 1.807) is 0 Å². The molecule has 1 aromatic carbocycles. The Balaban J connectivity index is 1.83. The topological polar surface area (TPSA) is 78.9 Å². The summed E-state index contributed by atoms with van der Waals surface area (Å²) < 4.78 is 12.7. The third-order valence-electron chi connectivity index (χ3n) is 3.38. The Bertz CT molecular complexity index is 873. The Morgan fingerprint density at radius 1 is 1.22 bits per heavy atom. The van der Waals surface area contributed by atoms with E-state index in [2.05, 4.69) is 4.98 Å². The number of benzene rings is 1. The van der Waals surface area contributed by atoms with Crippen LogP contribution in [0.4, 0.5) is 5.69 Å². The molecule has 0 saturated heterocycles. The van der Waals surface area contributed by atoms with E-state index in [-0.39, 0.29) is 12.3 Å². The molecule has 118 valence electrons. The molecule has 2 aromatic heterocycles. The maximum atomic E-state index is 10.9. The minimum absolute atomic E-state index is 0.0496. The van der Waals surface area contributed by atoms with Crippen LogP contribution in [0.5, 0.6) is 11.5 Å². The van der Waals surface area contributed by atoms with Crippen LogP contribution in [0, 0.1) is 17.0 Å². The lowest BCUT2D eigenvalue weighted by molar-refractivity contribution is -0.385. The Kier molecular flexibility index (Phi) is 3.84. The van der Waals surface area contributed by atoms with Crippen LogP contribution >= 0.6 is 0 Å². The van der Waals surface area contributed by atoms with Gasteiger partial charge in [-0.1, -0.05) is 6.07 Å². The molecular formula is C16H15N3O4. The molecule has 23 heavy (non-hydrogen) atoms. The first-order valence-corrected chi connectivity index (χ1v) is 6.96. The molecule has 0 saturated carbocycles. The van der Waals surface area contributed by atoms with Gasteiger partial charge in [0.25, 0.3) is 5.69 Å². The Hall–Kier alpha value is -3.09. The van der Waals surface area contributed by atoms with Crippen LogP contribution in [0.1, 0.15) is 11.3 Å². The van der Waals surface area contributed by atoms with Gasteiger partial charge >= 0.3 is 0 Å². The molecule has 0 N–H and O–H groups in total. The number of imidazole rings is 1. The molecule has 7 heteroatoms. The Labute approximate surface area is 132 Å². The van der Waals surface area contributed by atoms with Gasteiger partial charge in [-0.3, -0.25) is 10.1 Å². The lowest BCUT2D eigenvalue weighted by Crippen LogP contribution is -1.99. The van der Waals surface area contributed by atoms with Gasteiger partial charge in [0.2, 0.25) is 0 Å². The highest BCUT2D eigenvalue weighted by Gasteiger charge is 2.13. The highest BCUT2D eigenvalue weighted by atomic mass is 16.6. The summed E-state index contributed by atoms with van der Waals surface area (Å²) in [5.74, 6) is 0.755. The summed E-state index contributed by atoms with van der Waals surface area (Å²) in [6.07, 6.45) is 3.84. The molecule has 3 aromatic rings. The fourth-order valence-corrected chi connectivity index (χ4v) is 2.27. The van der Waals surface area contributed by atoms with Crippen LogP contribution in [-0.4, -0.2) is 21.4 Å². The number of hydrogen-bond acceptors (Lipinski definition) is 5. The highest BCUT2D eigenvalue weighted by molar-refractivity contribution is 5.48. The van der Waals surface area contributed by atoms with Crippen molar-refractivity contribution in [3.63, 3.8) is 0 Å². The first-order chi connectivity index (χ1) is 11.1. The molecule has 0 unspecified atom stereocenters. The second kappa shape index (κ2) is 5.96. The van der Waals surface area contributed by atoms with Gasteiger partial charge in [-0.05, 0) is 24.6 Å². The van der Waals surface area contributed by atoms with Crippen molar-refractivity contribution >= 4 is 11.3 Å². The number of aryl methyl sites for hydroxylation is 1. The number of non-ortho nitro benzene ring substituents is 1. The molecule has 0 bridgehead atoms. The van der Waals surface area contributed by atoms with Crippen LogP contribution < -0.4 is 9.47 Å². The van der Waals surface area contributed by atoms with Crippen molar-refractivity contribution in [1.82, 2.24) is 9.38 Å². The standard InChI is InChI=1S/C16H15N3O4/c1-11-3-6-16-17-12(9-18(16)8-11)10-23-15-7-13(19(20)21)4-5-14(15)22-2/h3-9H,10H2,1-2H3. The quantitative estimate of drug-likeness (QED) is 0.534. The fourth-order valence-electron chi connectivity index (χ4n) is 2.27. The van der Waals surface area contributed by atoms with E-state index in [1.807, 2.05) is 35.9 Å². The van der Waals surface area contributed by atoms with Gasteiger partial charge in [0, 0.05) is 18.5 Å². The third kappa shape index (κ3) is 3.08. The predicted octanol–water partition coefficient (Wildman–Crippen LogP) is 3.14. The summed E-state index contributed by atoms with van der Waals surface area (Å²) in [6, 6.07) is 8.14. The number of methoxy groups -OCH3 is 1. The van der Waals surface area contributed by atoms with Crippen molar-refractivity contribution in [1.29, 1.82) is 0 Å². The zero-order valence-corrected chi connectivity index (χ0v) is 12.7. The number of nitro groups is 1. The monoisotopic (exact) mass is 313 g/mol. The summed E-state index contributed by atoms with van der Waals surface area (Å²) >= 11 is 0. The van der Waals surface area contributed by atoms with Crippen molar-refractivity contribution in [2.45, 2.75) is 13.5 Å². The number of rotatable bonds is 5. The molecule has 0 radical (unpaired) electrons. The van der Waals surface area contributed by atoms with E-state index in [0.717, 1.165) is 16.9 Å². The van der Waals surface area contributed by atoms with Crippen molar-refractivity contribution in [2.75, 3.05) is 7.11 Å². The molecule has 0 aliphatic heterocycles. The molecule has 0 atom stereocenters. The summed E-state index contributed by atoms with van der Waals surface area (Å²) in [7, 11) is 1.49. The average Bonchev–Trinajstić information content (AvgIpc) is 2.94. The normalized spacial score (nSPS) is 10.7. The maximum absolute atomic E-state index is 10.9. The van der Waals surface area contributed by atoms with Gasteiger partial charge in [-0.25, -0.2) is 4.98 Å². The number of aromatic nitrogens is 2. The largest absolute Gasteiger partial charge is 0.493 e. The van der Waals surface area contributed by atoms with Crippen LogP contribution in [0.2, 0.25) is 0 Å². The third-order valence-corrected chi connectivity index (χ3v) is 3.38. The van der Waals surface area contributed by atoms with Crippen molar-refractivity contribution < 1.29 is 14.4 Å². The average molecular weight is 313 g/mol. The highest BCUT2D eigenvalue weighted by Crippen LogP contribution is 2.31. The zero-order chi connectivity index (χ0) is 16.4. The van der Waals surface area contributed by atoms with Gasteiger partial charge in [0.1, 0.15) is 12.3 Å². The Morgan fingerprint density at radius 3 is 2.78 bits per heavy atom. The van der Waals surface area contributed by atoms with Gasteiger partial charge < -0.3 is 13.9 Å². The van der Waals surface area contributed by atoms with Crippen molar-refractivity contribution in [3.8, 4) is 11.5 Å². The minimum Gasteiger partial charge on any atom is -0.493 e. The van der Waals surface area contributed by atoms with Gasteiger partial charge in [-0.15, -0.1) is 0 Å². The van der Waals surface area contributed by atoms with E-state index >= 15 is 0 Å². The molecule has 0 aliphatic rings. The number of pyridine rings is 1. The molecule has 3 rings (SSSR count). The molecule has 0 fully saturated rings. The van der Waals surface area contributed by atoms with Gasteiger partial charge in [0.05, 0.1) is 23.8 Å². The molecule has 7 nitrogen and oxygen atoms in total. The van der Waals surface area contributed by atoms with E-state index in [0.29, 0.717) is 11.5 Å². The first kappa shape index (κ1) is 14.8. The predicted molar refractivity (Wildman–Crippen MR) is 83.9 cm³/mol. The summed E-state index contributed by atoms with van der Waals surface area (Å²) in [6.45, 7) is 2.20. The van der Waals surface area contributed by atoms with Gasteiger partial charge in [-0.2, -0.15) is 0 Å². The lowest BCUT2D eigenvalue weighted by atomic mass is 10.3. The van der Waals surface area contributed by atoms with Crippen LogP contribution in [0.3, 0.4) is 0 Å². The van der Waals surface area contributed by atoms with Crippen LogP contribution in [0.15, 0.2) is 42.7 Å². The van der Waals surface area contributed by atoms with E-state index in [9.17, 15) is 10.1 Å². The number of nitrogens with zero attached hydrogens (tertiary/aromatic N) is 3. The molecular weight excluding hydrogens is 298 g/mol. The first-order valence-electron chi connectivity index (χ1n) is 6.96. The van der Waals surface area contributed by atoms with Crippen LogP contribution in [-0.2, 0) is 6.61 Å². The fraction of sp³-hybridized carbons (Fsp3) is 0.188. The number of nitro benzene ring substituents is 1. The summed E-state index contributed by atoms with van der Waals surface area (Å²) in [5.41, 5.74) is 2.62. The smallest absolute Gasteiger partial charge is 0.273 e. The second-order valence-electron chi connectivity index (χ2n) is 5.09.